The Kier molecular flexibility index (Phi) is 6.79. The van der Waals surface area contributed by atoms with Crippen LogP contribution in [0.15, 0.2) is 30.3 Å². The smallest absolute Gasteiger partial charge is 0.410 e. The van der Waals surface area contributed by atoms with Crippen LogP contribution >= 0.6 is 0 Å². The van der Waals surface area contributed by atoms with Crippen LogP contribution in [0, 0.1) is 10.8 Å². The molecular weight excluding hydrogens is 338 g/mol. The van der Waals surface area contributed by atoms with E-state index in [4.69, 9.17) is 9.16 Å². The van der Waals surface area contributed by atoms with Gasteiger partial charge < -0.3 is 14.3 Å². The second-order valence-electron chi connectivity index (χ2n) is 7.21. The van der Waals surface area contributed by atoms with Crippen molar-refractivity contribution < 1.29 is 23.9 Å². The summed E-state index contributed by atoms with van der Waals surface area (Å²) in [5.41, 5.74) is -2.62. The number of ether oxygens (including phenoxy) is 1. The number of carbonyl (C=O) groups is 2. The molecule has 0 aromatic heterocycles. The van der Waals surface area contributed by atoms with E-state index in [9.17, 15) is 14.7 Å². The Morgan fingerprint density at radius 2 is 1.72 bits per heavy atom. The number of carboxylic acid groups (broad SMARTS) is 1. The minimum Gasteiger partial charge on any atom is -0.478 e. The first-order valence-electron chi connectivity index (χ1n) is 8.11. The van der Waals surface area contributed by atoms with Gasteiger partial charge in [-0.2, -0.15) is 0 Å². The SMILES string of the molecule is CC[C@](C)(C(C)(C)C)[C@](NC(=O)OCc1ccccc1)(O[Si])C(=O)O. The minimum atomic E-state index is -2.00. The summed E-state index contributed by atoms with van der Waals surface area (Å²) in [6.07, 6.45) is -0.417. The number of alkyl carbamates (subject to hydrolysis) is 1. The highest BCUT2D eigenvalue weighted by molar-refractivity contribution is 6.01. The monoisotopic (exact) mass is 364 g/mol. The standard InChI is InChI=1S/C18H26NO5Si/c1-6-17(5,16(2,3)4)18(24-25,14(20)21)19-15(22)23-12-13-10-8-7-9-11-13/h7-11H,6,12H2,1-5H3,(H,19,22)(H,20,21)/t17-,18-/m1/s1. The molecule has 0 bridgehead atoms. The largest absolute Gasteiger partial charge is 0.478 e. The van der Waals surface area contributed by atoms with Crippen molar-refractivity contribution in [3.63, 3.8) is 0 Å². The van der Waals surface area contributed by atoms with Gasteiger partial charge in [0.15, 0.2) is 0 Å². The molecule has 0 aliphatic heterocycles. The normalized spacial score (nSPS) is 16.4. The van der Waals surface area contributed by atoms with Crippen LogP contribution in [0.25, 0.3) is 0 Å². The van der Waals surface area contributed by atoms with Crippen LogP contribution in [-0.4, -0.2) is 33.4 Å². The van der Waals surface area contributed by atoms with Crippen molar-refractivity contribution in [2.75, 3.05) is 0 Å². The molecule has 7 heteroatoms. The predicted molar refractivity (Wildman–Crippen MR) is 94.8 cm³/mol. The topological polar surface area (TPSA) is 84.9 Å². The Morgan fingerprint density at radius 3 is 2.12 bits per heavy atom. The van der Waals surface area contributed by atoms with Gasteiger partial charge in [-0.3, -0.25) is 5.32 Å². The highest BCUT2D eigenvalue weighted by Gasteiger charge is 2.60. The third-order valence-electron chi connectivity index (χ3n) is 5.08. The van der Waals surface area contributed by atoms with E-state index in [-0.39, 0.29) is 6.61 Å². The maximum absolute atomic E-state index is 12.3. The van der Waals surface area contributed by atoms with Crippen molar-refractivity contribution in [3.8, 4) is 0 Å². The average Bonchev–Trinajstić information content (AvgIpc) is 2.56. The molecule has 6 nitrogen and oxygen atoms in total. The maximum atomic E-state index is 12.3. The maximum Gasteiger partial charge on any atom is 0.410 e. The molecule has 0 heterocycles. The Balaban J connectivity index is 3.06. The quantitative estimate of drug-likeness (QED) is 0.573. The Labute approximate surface area is 152 Å². The molecule has 137 valence electrons. The first kappa shape index (κ1) is 21.2. The van der Waals surface area contributed by atoms with E-state index in [2.05, 4.69) is 15.8 Å². The van der Waals surface area contributed by atoms with Gasteiger partial charge in [-0.15, -0.1) is 0 Å². The van der Waals surface area contributed by atoms with Crippen LogP contribution < -0.4 is 5.32 Å². The third kappa shape index (κ3) is 4.22. The fourth-order valence-corrected chi connectivity index (χ4v) is 3.18. The van der Waals surface area contributed by atoms with E-state index in [1.165, 1.54) is 0 Å². The summed E-state index contributed by atoms with van der Waals surface area (Å²) in [4.78, 5) is 24.4. The van der Waals surface area contributed by atoms with Crippen molar-refractivity contribution in [2.24, 2.45) is 10.8 Å². The van der Waals surface area contributed by atoms with Crippen LogP contribution in [0.5, 0.6) is 0 Å². The van der Waals surface area contributed by atoms with E-state index >= 15 is 0 Å². The molecule has 25 heavy (non-hydrogen) atoms. The molecule has 0 aliphatic carbocycles. The van der Waals surface area contributed by atoms with Crippen molar-refractivity contribution >= 4 is 22.5 Å². The Bertz CT molecular complexity index is 601. The summed E-state index contributed by atoms with van der Waals surface area (Å²) >= 11 is 0. The summed E-state index contributed by atoms with van der Waals surface area (Å²) in [7, 11) is 2.87. The Hall–Kier alpha value is -1.86. The third-order valence-corrected chi connectivity index (χ3v) is 5.39. The van der Waals surface area contributed by atoms with Gasteiger partial charge in [0.05, 0.1) is 0 Å². The molecule has 1 amide bonds. The minimum absolute atomic E-state index is 0.0302. The van der Waals surface area contributed by atoms with E-state index < -0.39 is 28.6 Å². The van der Waals surface area contributed by atoms with Gasteiger partial charge in [-0.1, -0.05) is 65.0 Å². The summed E-state index contributed by atoms with van der Waals surface area (Å²) in [6.45, 7) is 9.34. The number of carboxylic acids is 1. The van der Waals surface area contributed by atoms with Crippen LogP contribution in [-0.2, 0) is 20.6 Å². The highest BCUT2D eigenvalue weighted by Crippen LogP contribution is 2.49. The van der Waals surface area contributed by atoms with E-state index in [1.54, 1.807) is 6.92 Å². The van der Waals surface area contributed by atoms with E-state index in [0.717, 1.165) is 5.56 Å². The van der Waals surface area contributed by atoms with Gasteiger partial charge >= 0.3 is 12.1 Å². The highest BCUT2D eigenvalue weighted by atomic mass is 28.2. The molecular formula is C18H26NO5Si. The summed E-state index contributed by atoms with van der Waals surface area (Å²) in [5, 5.41) is 12.3. The fraction of sp³-hybridized carbons (Fsp3) is 0.556. The van der Waals surface area contributed by atoms with E-state index in [0.29, 0.717) is 6.42 Å². The number of nitrogens with one attached hydrogen (secondary N) is 1. The molecule has 1 aromatic rings. The lowest BCUT2D eigenvalue weighted by Crippen LogP contribution is -2.68. The number of amides is 1. The van der Waals surface area contributed by atoms with Crippen LogP contribution in [0.3, 0.4) is 0 Å². The number of rotatable bonds is 7. The molecule has 2 N–H and O–H groups in total. The van der Waals surface area contributed by atoms with Crippen molar-refractivity contribution in [1.29, 1.82) is 0 Å². The van der Waals surface area contributed by atoms with Gasteiger partial charge in [-0.25, -0.2) is 9.59 Å². The summed E-state index contributed by atoms with van der Waals surface area (Å²) in [5.74, 6) is -1.31. The lowest BCUT2D eigenvalue weighted by atomic mass is 9.60. The number of benzene rings is 1. The van der Waals surface area contributed by atoms with Gasteiger partial charge in [0.2, 0.25) is 16.2 Å². The number of carbonyl (C=O) groups excluding carboxylic acids is 1. The number of hydrogen-bond acceptors (Lipinski definition) is 4. The molecule has 2 atom stereocenters. The molecule has 0 unspecified atom stereocenters. The lowest BCUT2D eigenvalue weighted by molar-refractivity contribution is -0.186. The van der Waals surface area contributed by atoms with Crippen molar-refractivity contribution in [3.05, 3.63) is 35.9 Å². The molecule has 0 spiro atoms. The first-order chi connectivity index (χ1) is 11.5. The molecule has 0 aliphatic rings. The fourth-order valence-electron chi connectivity index (χ4n) is 2.82. The zero-order chi connectivity index (χ0) is 19.3. The van der Waals surface area contributed by atoms with Crippen LogP contribution in [0.4, 0.5) is 4.79 Å². The molecule has 0 fully saturated rings. The van der Waals surface area contributed by atoms with Crippen molar-refractivity contribution in [2.45, 2.75) is 53.4 Å². The van der Waals surface area contributed by atoms with Crippen LogP contribution in [0.2, 0.25) is 0 Å². The molecule has 3 radical (unpaired) electrons. The van der Waals surface area contributed by atoms with Gasteiger partial charge in [0, 0.05) is 5.41 Å². The average molecular weight is 364 g/mol. The lowest BCUT2D eigenvalue weighted by Gasteiger charge is -2.51. The summed E-state index contributed by atoms with van der Waals surface area (Å²) < 4.78 is 10.4. The molecule has 0 saturated carbocycles. The summed E-state index contributed by atoms with van der Waals surface area (Å²) in [6, 6.07) is 9.13. The number of aliphatic carboxylic acids is 1. The van der Waals surface area contributed by atoms with Gasteiger partial charge in [-0.05, 0) is 17.4 Å². The first-order valence-corrected chi connectivity index (χ1v) is 8.52. The van der Waals surface area contributed by atoms with Gasteiger partial charge in [0.1, 0.15) is 6.61 Å². The van der Waals surface area contributed by atoms with Crippen LogP contribution in [0.1, 0.15) is 46.6 Å². The number of hydrogen-bond donors (Lipinski definition) is 2. The zero-order valence-corrected chi connectivity index (χ0v) is 16.4. The van der Waals surface area contributed by atoms with Crippen molar-refractivity contribution in [1.82, 2.24) is 5.32 Å². The molecule has 1 aromatic carbocycles. The van der Waals surface area contributed by atoms with E-state index in [1.807, 2.05) is 58.0 Å². The Morgan fingerprint density at radius 1 is 1.16 bits per heavy atom. The second-order valence-corrected chi connectivity index (χ2v) is 7.41. The second kappa shape index (κ2) is 8.01. The molecule has 0 saturated heterocycles. The predicted octanol–water partition coefficient (Wildman–Crippen LogP) is 3.26. The zero-order valence-electron chi connectivity index (χ0n) is 15.4. The van der Waals surface area contributed by atoms with Gasteiger partial charge in [0.25, 0.3) is 0 Å². The molecule has 1 rings (SSSR count).